The van der Waals surface area contributed by atoms with Crippen LogP contribution in [-0.4, -0.2) is 45.5 Å². The van der Waals surface area contributed by atoms with Crippen LogP contribution in [0.3, 0.4) is 0 Å². The molecule has 1 saturated heterocycles. The smallest absolute Gasteiger partial charge is 0.243 e. The molecule has 1 aromatic heterocycles. The molecule has 3 atom stereocenters. The van der Waals surface area contributed by atoms with Crippen LogP contribution >= 0.6 is 11.3 Å². The summed E-state index contributed by atoms with van der Waals surface area (Å²) in [5.74, 6) is -0.335. The topological polar surface area (TPSA) is 82.5 Å². The van der Waals surface area contributed by atoms with Crippen LogP contribution in [0.1, 0.15) is 52.3 Å². The van der Waals surface area contributed by atoms with E-state index in [0.717, 1.165) is 21.7 Å². The average molecular weight is 458 g/mol. The lowest BCUT2D eigenvalue weighted by molar-refractivity contribution is -0.146. The number of aryl methyl sites for hydroxylation is 1. The van der Waals surface area contributed by atoms with Crippen molar-refractivity contribution in [2.75, 3.05) is 6.54 Å². The number of aliphatic hydroxyl groups excluding tert-OH is 1. The number of benzene rings is 1. The minimum Gasteiger partial charge on any atom is -0.391 e. The summed E-state index contributed by atoms with van der Waals surface area (Å²) in [5.41, 5.74) is 4.72. The first-order valence-corrected chi connectivity index (χ1v) is 12.1. The fourth-order valence-electron chi connectivity index (χ4n) is 4.80. The van der Waals surface area contributed by atoms with Crippen LogP contribution in [0, 0.1) is 24.2 Å². The van der Waals surface area contributed by atoms with E-state index in [1.54, 1.807) is 16.2 Å². The summed E-state index contributed by atoms with van der Waals surface area (Å²) >= 11 is 1.61. The molecular formula is C25H35N3O3S. The molecule has 3 rings (SSSR count). The molecule has 1 fully saturated rings. The van der Waals surface area contributed by atoms with E-state index >= 15 is 0 Å². The summed E-state index contributed by atoms with van der Waals surface area (Å²) in [4.78, 5) is 33.4. The highest BCUT2D eigenvalue weighted by Gasteiger charge is 2.44. The molecule has 174 valence electrons. The molecule has 6 nitrogen and oxygen atoms in total. The molecule has 1 aromatic carbocycles. The lowest BCUT2D eigenvalue weighted by Crippen LogP contribution is -2.50. The Labute approximate surface area is 195 Å². The number of β-amino-alcohol motifs (C(OH)–C–C–N with tert-alkyl or cyclic N) is 1. The van der Waals surface area contributed by atoms with Crippen LogP contribution in [0.4, 0.5) is 0 Å². The molecule has 2 amide bonds. The zero-order valence-corrected chi connectivity index (χ0v) is 20.7. The summed E-state index contributed by atoms with van der Waals surface area (Å²) in [6.45, 7) is 12.8. The molecule has 0 bridgehead atoms. The number of likely N-dealkylation sites (tertiary alicyclic amines) is 1. The number of nitrogens with one attached hydrogen (secondary N) is 1. The van der Waals surface area contributed by atoms with Gasteiger partial charge in [-0.1, -0.05) is 58.9 Å². The van der Waals surface area contributed by atoms with Crippen molar-refractivity contribution in [2.45, 2.75) is 66.7 Å². The SMILES string of the molecule is Cc1ncsc1-c1ccc(CNC(=O)[C@@H]2CC(O)CN2C(=O)C(C(C)C)C(C)(C)C)cc1. The van der Waals surface area contributed by atoms with Gasteiger partial charge in [0.25, 0.3) is 0 Å². The third-order valence-corrected chi connectivity index (χ3v) is 7.14. The Morgan fingerprint density at radius 3 is 2.44 bits per heavy atom. The molecule has 2 heterocycles. The number of hydrogen-bond acceptors (Lipinski definition) is 5. The number of carbonyl (C=O) groups excluding carboxylic acids is 2. The fraction of sp³-hybridized carbons (Fsp3) is 0.560. The summed E-state index contributed by atoms with van der Waals surface area (Å²) < 4.78 is 0. The molecule has 0 aliphatic carbocycles. The van der Waals surface area contributed by atoms with Crippen LogP contribution in [0.5, 0.6) is 0 Å². The molecular weight excluding hydrogens is 422 g/mol. The van der Waals surface area contributed by atoms with Crippen molar-refractivity contribution in [3.05, 3.63) is 41.0 Å². The Kier molecular flexibility index (Phi) is 7.40. The van der Waals surface area contributed by atoms with Gasteiger partial charge in [0.15, 0.2) is 0 Å². The Morgan fingerprint density at radius 1 is 1.25 bits per heavy atom. The number of carbonyl (C=O) groups is 2. The Morgan fingerprint density at radius 2 is 1.91 bits per heavy atom. The van der Waals surface area contributed by atoms with Crippen molar-refractivity contribution in [3.8, 4) is 10.4 Å². The number of amides is 2. The second-order valence-electron chi connectivity index (χ2n) is 10.2. The summed E-state index contributed by atoms with van der Waals surface area (Å²) in [7, 11) is 0. The first-order chi connectivity index (χ1) is 15.0. The van der Waals surface area contributed by atoms with Crippen molar-refractivity contribution in [3.63, 3.8) is 0 Å². The van der Waals surface area contributed by atoms with Crippen LogP contribution in [0.15, 0.2) is 29.8 Å². The van der Waals surface area contributed by atoms with Gasteiger partial charge in [0.05, 0.1) is 22.2 Å². The number of aliphatic hydroxyl groups is 1. The molecule has 0 spiro atoms. The second kappa shape index (κ2) is 9.71. The molecule has 0 saturated carbocycles. The molecule has 2 aromatic rings. The predicted octanol–water partition coefficient (Wildman–Crippen LogP) is 4.01. The van der Waals surface area contributed by atoms with Crippen molar-refractivity contribution >= 4 is 23.2 Å². The number of rotatable bonds is 6. The monoisotopic (exact) mass is 457 g/mol. The Hall–Kier alpha value is -2.25. The van der Waals surface area contributed by atoms with Gasteiger partial charge in [-0.05, 0) is 29.4 Å². The van der Waals surface area contributed by atoms with Gasteiger partial charge in [-0.3, -0.25) is 9.59 Å². The van der Waals surface area contributed by atoms with Crippen LogP contribution in [0.2, 0.25) is 0 Å². The van der Waals surface area contributed by atoms with Gasteiger partial charge in [0.1, 0.15) is 6.04 Å². The second-order valence-corrected chi connectivity index (χ2v) is 11.0. The van der Waals surface area contributed by atoms with E-state index in [9.17, 15) is 14.7 Å². The molecule has 1 aliphatic rings. The third-order valence-electron chi connectivity index (χ3n) is 6.16. The summed E-state index contributed by atoms with van der Waals surface area (Å²) in [5, 5.41) is 13.2. The van der Waals surface area contributed by atoms with E-state index in [1.165, 1.54) is 0 Å². The van der Waals surface area contributed by atoms with E-state index < -0.39 is 12.1 Å². The minimum absolute atomic E-state index is 0.0477. The van der Waals surface area contributed by atoms with Crippen molar-refractivity contribution in [1.82, 2.24) is 15.2 Å². The van der Waals surface area contributed by atoms with Crippen molar-refractivity contribution < 1.29 is 14.7 Å². The third kappa shape index (κ3) is 5.38. The largest absolute Gasteiger partial charge is 0.391 e. The van der Waals surface area contributed by atoms with E-state index in [0.29, 0.717) is 6.54 Å². The Balaban J connectivity index is 1.67. The van der Waals surface area contributed by atoms with Gasteiger partial charge in [-0.2, -0.15) is 0 Å². The predicted molar refractivity (Wildman–Crippen MR) is 128 cm³/mol. The van der Waals surface area contributed by atoms with E-state index in [1.807, 2.05) is 50.5 Å². The van der Waals surface area contributed by atoms with Crippen LogP contribution in [0.25, 0.3) is 10.4 Å². The first kappa shape index (κ1) is 24.4. The average Bonchev–Trinajstić information content (AvgIpc) is 3.30. The number of hydrogen-bond donors (Lipinski definition) is 2. The molecule has 2 N–H and O–H groups in total. The maximum absolute atomic E-state index is 13.4. The fourth-order valence-corrected chi connectivity index (χ4v) is 5.61. The first-order valence-electron chi connectivity index (χ1n) is 11.2. The van der Waals surface area contributed by atoms with Gasteiger partial charge >= 0.3 is 0 Å². The highest BCUT2D eigenvalue weighted by Crippen LogP contribution is 2.35. The van der Waals surface area contributed by atoms with Crippen LogP contribution in [-0.2, 0) is 16.1 Å². The summed E-state index contributed by atoms with van der Waals surface area (Å²) in [6.07, 6.45) is -0.403. The van der Waals surface area contributed by atoms with E-state index in [2.05, 4.69) is 31.1 Å². The number of aromatic nitrogens is 1. The quantitative estimate of drug-likeness (QED) is 0.687. The van der Waals surface area contributed by atoms with Gasteiger partial charge in [0, 0.05) is 25.4 Å². The normalized spacial score (nSPS) is 19.9. The maximum atomic E-state index is 13.4. The minimum atomic E-state index is -0.676. The standard InChI is InChI=1S/C25H35N3O3S/c1-15(2)21(25(4,5)6)24(31)28-13-19(29)11-20(28)23(30)26-12-17-7-9-18(10-8-17)22-16(3)27-14-32-22/h7-10,14-15,19-21,29H,11-13H2,1-6H3,(H,26,30)/t19?,20-,21?/m0/s1. The highest BCUT2D eigenvalue weighted by molar-refractivity contribution is 7.13. The molecule has 2 unspecified atom stereocenters. The van der Waals surface area contributed by atoms with Gasteiger partial charge in [0.2, 0.25) is 11.8 Å². The van der Waals surface area contributed by atoms with E-state index in [-0.39, 0.29) is 42.0 Å². The van der Waals surface area contributed by atoms with Gasteiger partial charge in [-0.15, -0.1) is 11.3 Å². The highest BCUT2D eigenvalue weighted by atomic mass is 32.1. The molecule has 0 radical (unpaired) electrons. The van der Waals surface area contributed by atoms with Crippen molar-refractivity contribution in [2.24, 2.45) is 17.3 Å². The van der Waals surface area contributed by atoms with Crippen LogP contribution < -0.4 is 5.32 Å². The lowest BCUT2D eigenvalue weighted by atomic mass is 9.73. The zero-order valence-electron chi connectivity index (χ0n) is 19.9. The maximum Gasteiger partial charge on any atom is 0.243 e. The Bertz CT molecular complexity index is 946. The molecule has 7 heteroatoms. The van der Waals surface area contributed by atoms with Gasteiger partial charge < -0.3 is 15.3 Å². The van der Waals surface area contributed by atoms with E-state index in [4.69, 9.17) is 0 Å². The summed E-state index contributed by atoms with van der Waals surface area (Å²) in [6, 6.07) is 7.42. The molecule has 32 heavy (non-hydrogen) atoms. The number of nitrogens with zero attached hydrogens (tertiary/aromatic N) is 2. The van der Waals surface area contributed by atoms with Gasteiger partial charge in [-0.25, -0.2) is 4.98 Å². The number of thiazole rings is 1. The van der Waals surface area contributed by atoms with Crippen molar-refractivity contribution in [1.29, 1.82) is 0 Å². The lowest BCUT2D eigenvalue weighted by Gasteiger charge is -2.37. The molecule has 1 aliphatic heterocycles. The zero-order chi connectivity index (χ0) is 23.6.